The standard InChI is InChI=1S/C29H58O6/c1-4-6-8-10-11-12-13-14-16-20-31-22-24-33-26-27-34-25-23-32-21-17-19-29(30)35-28(3)18-15-9-7-5-2/h28H,4-27H2,1-3H3. The van der Waals surface area contributed by atoms with E-state index in [0.29, 0.717) is 59.1 Å². The first kappa shape index (κ1) is 34.3. The minimum atomic E-state index is -0.123. The normalized spacial score (nSPS) is 12.2. The van der Waals surface area contributed by atoms with Crippen LogP contribution in [-0.2, 0) is 28.5 Å². The van der Waals surface area contributed by atoms with Crippen molar-refractivity contribution in [3.63, 3.8) is 0 Å². The Labute approximate surface area is 217 Å². The second-order valence-electron chi connectivity index (χ2n) is 9.53. The maximum absolute atomic E-state index is 11.8. The van der Waals surface area contributed by atoms with Gasteiger partial charge in [-0.3, -0.25) is 4.79 Å². The topological polar surface area (TPSA) is 63.2 Å². The Hall–Kier alpha value is -0.690. The van der Waals surface area contributed by atoms with Crippen LogP contribution in [0.25, 0.3) is 0 Å². The number of carbonyl (C=O) groups is 1. The molecule has 0 aliphatic rings. The largest absolute Gasteiger partial charge is 0.463 e. The summed E-state index contributed by atoms with van der Waals surface area (Å²) in [6.45, 7) is 11.3. The number of unbranched alkanes of at least 4 members (excludes halogenated alkanes) is 11. The van der Waals surface area contributed by atoms with Crippen molar-refractivity contribution in [2.24, 2.45) is 0 Å². The summed E-state index contributed by atoms with van der Waals surface area (Å²) >= 11 is 0. The molecule has 0 aromatic carbocycles. The van der Waals surface area contributed by atoms with E-state index in [0.717, 1.165) is 25.9 Å². The molecule has 0 N–H and O–H groups in total. The van der Waals surface area contributed by atoms with E-state index in [9.17, 15) is 4.79 Å². The first-order valence-corrected chi connectivity index (χ1v) is 14.7. The highest BCUT2D eigenvalue weighted by atomic mass is 16.6. The van der Waals surface area contributed by atoms with E-state index in [1.807, 2.05) is 6.92 Å². The van der Waals surface area contributed by atoms with Crippen LogP contribution in [0.2, 0.25) is 0 Å². The van der Waals surface area contributed by atoms with Crippen LogP contribution in [0.1, 0.15) is 124 Å². The zero-order chi connectivity index (χ0) is 25.7. The third-order valence-electron chi connectivity index (χ3n) is 5.97. The molecule has 0 heterocycles. The highest BCUT2D eigenvalue weighted by Crippen LogP contribution is 2.10. The van der Waals surface area contributed by atoms with Gasteiger partial charge in [-0.1, -0.05) is 84.5 Å². The van der Waals surface area contributed by atoms with Gasteiger partial charge in [0, 0.05) is 19.6 Å². The number of rotatable bonds is 29. The van der Waals surface area contributed by atoms with Gasteiger partial charge in [0.25, 0.3) is 0 Å². The van der Waals surface area contributed by atoms with Crippen molar-refractivity contribution in [1.29, 1.82) is 0 Å². The smallest absolute Gasteiger partial charge is 0.306 e. The molecular weight excluding hydrogens is 444 g/mol. The molecule has 0 amide bonds. The third kappa shape index (κ3) is 29.4. The first-order valence-electron chi connectivity index (χ1n) is 14.7. The summed E-state index contributed by atoms with van der Waals surface area (Å²) in [5.41, 5.74) is 0. The fraction of sp³-hybridized carbons (Fsp3) is 0.966. The Kier molecular flexibility index (Phi) is 29.0. The quantitative estimate of drug-likeness (QED) is 0.0792. The Morgan fingerprint density at radius 2 is 0.914 bits per heavy atom. The van der Waals surface area contributed by atoms with Crippen molar-refractivity contribution in [2.75, 3.05) is 52.9 Å². The predicted octanol–water partition coefficient (Wildman–Crippen LogP) is 7.27. The molecule has 0 fully saturated rings. The molecule has 1 atom stereocenters. The van der Waals surface area contributed by atoms with Gasteiger partial charge in [-0.15, -0.1) is 0 Å². The molecule has 0 aromatic rings. The van der Waals surface area contributed by atoms with Crippen molar-refractivity contribution in [3.8, 4) is 0 Å². The zero-order valence-electron chi connectivity index (χ0n) is 23.5. The number of carbonyl (C=O) groups excluding carboxylic acids is 1. The average molecular weight is 503 g/mol. The van der Waals surface area contributed by atoms with Crippen LogP contribution in [0.4, 0.5) is 0 Å². The lowest BCUT2D eigenvalue weighted by atomic mass is 10.1. The van der Waals surface area contributed by atoms with Gasteiger partial charge in [-0.05, 0) is 32.6 Å². The summed E-state index contributed by atoms with van der Waals surface area (Å²) in [6.07, 6.45) is 18.9. The van der Waals surface area contributed by atoms with Gasteiger partial charge in [0.05, 0.1) is 45.7 Å². The van der Waals surface area contributed by atoms with Crippen molar-refractivity contribution in [1.82, 2.24) is 0 Å². The minimum Gasteiger partial charge on any atom is -0.463 e. The van der Waals surface area contributed by atoms with Gasteiger partial charge >= 0.3 is 5.97 Å². The Balaban J connectivity index is 3.17. The molecule has 6 nitrogen and oxygen atoms in total. The van der Waals surface area contributed by atoms with E-state index in [-0.39, 0.29) is 12.1 Å². The van der Waals surface area contributed by atoms with Crippen molar-refractivity contribution in [2.45, 2.75) is 130 Å². The van der Waals surface area contributed by atoms with E-state index >= 15 is 0 Å². The Morgan fingerprint density at radius 3 is 1.43 bits per heavy atom. The average Bonchev–Trinajstić information content (AvgIpc) is 2.85. The number of hydrogen-bond donors (Lipinski definition) is 0. The maximum Gasteiger partial charge on any atom is 0.306 e. The van der Waals surface area contributed by atoms with Gasteiger partial charge < -0.3 is 23.7 Å². The second kappa shape index (κ2) is 29.5. The Bertz CT molecular complexity index is 418. The van der Waals surface area contributed by atoms with Crippen LogP contribution in [0.5, 0.6) is 0 Å². The van der Waals surface area contributed by atoms with Crippen molar-refractivity contribution >= 4 is 5.97 Å². The fourth-order valence-electron chi connectivity index (χ4n) is 3.80. The zero-order valence-corrected chi connectivity index (χ0v) is 23.5. The van der Waals surface area contributed by atoms with Crippen LogP contribution in [0, 0.1) is 0 Å². The summed E-state index contributed by atoms with van der Waals surface area (Å²) in [5.74, 6) is -0.123. The summed E-state index contributed by atoms with van der Waals surface area (Å²) in [7, 11) is 0. The van der Waals surface area contributed by atoms with Crippen LogP contribution < -0.4 is 0 Å². The summed E-state index contributed by atoms with van der Waals surface area (Å²) in [6, 6.07) is 0. The van der Waals surface area contributed by atoms with Crippen molar-refractivity contribution in [3.05, 3.63) is 0 Å². The second-order valence-corrected chi connectivity index (χ2v) is 9.53. The molecule has 0 aliphatic carbocycles. The van der Waals surface area contributed by atoms with Crippen LogP contribution in [0.3, 0.4) is 0 Å². The lowest BCUT2D eigenvalue weighted by molar-refractivity contribution is -0.149. The molecular formula is C29H58O6. The van der Waals surface area contributed by atoms with Crippen LogP contribution in [-0.4, -0.2) is 64.9 Å². The first-order chi connectivity index (χ1) is 17.2. The van der Waals surface area contributed by atoms with Gasteiger partial charge in [0.2, 0.25) is 0 Å². The molecule has 0 saturated heterocycles. The molecule has 0 radical (unpaired) electrons. The molecule has 0 spiro atoms. The van der Waals surface area contributed by atoms with Gasteiger partial charge in [-0.25, -0.2) is 0 Å². The lowest BCUT2D eigenvalue weighted by Gasteiger charge is -2.13. The van der Waals surface area contributed by atoms with Gasteiger partial charge in [0.15, 0.2) is 0 Å². The van der Waals surface area contributed by atoms with E-state index < -0.39 is 0 Å². The van der Waals surface area contributed by atoms with E-state index in [1.165, 1.54) is 70.6 Å². The maximum atomic E-state index is 11.8. The lowest BCUT2D eigenvalue weighted by Crippen LogP contribution is -2.15. The van der Waals surface area contributed by atoms with E-state index in [4.69, 9.17) is 23.7 Å². The van der Waals surface area contributed by atoms with Crippen molar-refractivity contribution < 1.29 is 28.5 Å². The molecule has 210 valence electrons. The summed E-state index contributed by atoms with van der Waals surface area (Å²) in [4.78, 5) is 11.8. The number of hydrogen-bond acceptors (Lipinski definition) is 6. The predicted molar refractivity (Wildman–Crippen MR) is 144 cm³/mol. The highest BCUT2D eigenvalue weighted by molar-refractivity contribution is 5.69. The fourth-order valence-corrected chi connectivity index (χ4v) is 3.80. The molecule has 0 aliphatic heterocycles. The molecule has 0 saturated carbocycles. The van der Waals surface area contributed by atoms with Crippen LogP contribution in [0.15, 0.2) is 0 Å². The summed E-state index contributed by atoms with van der Waals surface area (Å²) < 4.78 is 27.6. The third-order valence-corrected chi connectivity index (χ3v) is 5.97. The van der Waals surface area contributed by atoms with Gasteiger partial charge in [0.1, 0.15) is 0 Å². The molecule has 0 rings (SSSR count). The van der Waals surface area contributed by atoms with E-state index in [2.05, 4.69) is 13.8 Å². The Morgan fingerprint density at radius 1 is 0.514 bits per heavy atom. The molecule has 35 heavy (non-hydrogen) atoms. The molecule has 1 unspecified atom stereocenters. The van der Waals surface area contributed by atoms with Crippen LogP contribution >= 0.6 is 0 Å². The SMILES string of the molecule is CCCCCCCCCCCOCCOCCOCCOCCCC(=O)OC(C)CCCCCC. The monoisotopic (exact) mass is 502 g/mol. The van der Waals surface area contributed by atoms with Gasteiger partial charge in [-0.2, -0.15) is 0 Å². The molecule has 6 heteroatoms. The minimum absolute atomic E-state index is 0.0159. The number of esters is 1. The van der Waals surface area contributed by atoms with E-state index in [1.54, 1.807) is 0 Å². The number of ether oxygens (including phenoxy) is 5. The molecule has 0 aromatic heterocycles. The summed E-state index contributed by atoms with van der Waals surface area (Å²) in [5, 5.41) is 0. The molecule has 0 bridgehead atoms. The highest BCUT2D eigenvalue weighted by Gasteiger charge is 2.09.